The van der Waals surface area contributed by atoms with Crippen LogP contribution in [-0.4, -0.2) is 17.2 Å². The highest BCUT2D eigenvalue weighted by atomic mass is 32.3. The van der Waals surface area contributed by atoms with Crippen LogP contribution in [0.4, 0.5) is 11.4 Å². The number of hydrogen-bond acceptors (Lipinski definition) is 7. The van der Waals surface area contributed by atoms with Crippen LogP contribution in [0.1, 0.15) is 0 Å². The molecule has 7 nitrogen and oxygen atoms in total. The van der Waals surface area contributed by atoms with Gasteiger partial charge in [0.15, 0.2) is 0 Å². The summed E-state index contributed by atoms with van der Waals surface area (Å²) in [5, 5.41) is 0. The first kappa shape index (κ1) is 11.9. The zero-order chi connectivity index (χ0) is 11.6. The van der Waals surface area contributed by atoms with E-state index in [1.807, 2.05) is 0 Å². The van der Waals surface area contributed by atoms with Gasteiger partial charge in [0.2, 0.25) is 0 Å². The lowest BCUT2D eigenvalue weighted by Gasteiger charge is -2.08. The molecule has 0 amide bonds. The Morgan fingerprint density at radius 2 is 1.93 bits per heavy atom. The minimum absolute atomic E-state index is 0.180. The van der Waals surface area contributed by atoms with Gasteiger partial charge in [-0.1, -0.05) is 0 Å². The first-order valence-corrected chi connectivity index (χ1v) is 5.93. The van der Waals surface area contributed by atoms with Crippen molar-refractivity contribution in [2.24, 2.45) is 0 Å². The fourth-order valence-corrected chi connectivity index (χ4v) is 2.37. The Balaban J connectivity index is 3.22. The summed E-state index contributed by atoms with van der Waals surface area (Å²) in [6.45, 7) is 0. The predicted molar refractivity (Wildman–Crippen MR) is 52.5 cm³/mol. The van der Waals surface area contributed by atoms with Crippen LogP contribution in [0.3, 0.4) is 0 Å². The normalized spacial score (nSPS) is 13.7. The molecule has 1 rings (SSSR count). The van der Waals surface area contributed by atoms with E-state index < -0.39 is 26.4 Å². The first-order chi connectivity index (χ1) is 6.83. The highest BCUT2D eigenvalue weighted by Crippen LogP contribution is 2.22. The van der Waals surface area contributed by atoms with Crippen molar-refractivity contribution in [1.82, 2.24) is 0 Å². The van der Waals surface area contributed by atoms with E-state index in [1.165, 1.54) is 12.1 Å². The molecule has 0 heterocycles. The Morgan fingerprint density at radius 3 is 2.40 bits per heavy atom. The molecule has 0 bridgehead atoms. The molecule has 0 radical (unpaired) electrons. The molecular formula is C6H7N2O5S2-. The Bertz CT molecular complexity index is 498. The third kappa shape index (κ3) is 2.89. The lowest BCUT2D eigenvalue weighted by Crippen LogP contribution is -2.10. The fraction of sp³-hybridized carbons (Fsp3) is 0. The molecule has 0 saturated heterocycles. The average Bonchev–Trinajstić information content (AvgIpc) is 1.99. The van der Waals surface area contributed by atoms with Crippen LogP contribution < -0.4 is 11.5 Å². The van der Waals surface area contributed by atoms with Crippen LogP contribution in [0.2, 0.25) is 0 Å². The second-order valence-corrected chi connectivity index (χ2v) is 4.82. The maximum Gasteiger partial charge on any atom is 0.311 e. The minimum atomic E-state index is -4.40. The van der Waals surface area contributed by atoms with Crippen molar-refractivity contribution in [2.75, 3.05) is 11.5 Å². The number of anilines is 2. The van der Waals surface area contributed by atoms with E-state index in [-0.39, 0.29) is 11.4 Å². The van der Waals surface area contributed by atoms with Gasteiger partial charge in [-0.3, -0.25) is 0 Å². The number of hydrogen-bond donors (Lipinski definition) is 2. The molecule has 4 N–H and O–H groups in total. The predicted octanol–water partition coefficient (Wildman–Crippen LogP) is -0.650. The van der Waals surface area contributed by atoms with Gasteiger partial charge in [-0.05, 0) is 18.2 Å². The van der Waals surface area contributed by atoms with Crippen molar-refractivity contribution in [3.8, 4) is 0 Å². The van der Waals surface area contributed by atoms with Gasteiger partial charge >= 0.3 is 10.1 Å². The van der Waals surface area contributed by atoms with Crippen molar-refractivity contribution < 1.29 is 20.8 Å². The minimum Gasteiger partial charge on any atom is -0.749 e. The van der Waals surface area contributed by atoms with Crippen LogP contribution in [0.15, 0.2) is 23.1 Å². The molecule has 0 aliphatic heterocycles. The van der Waals surface area contributed by atoms with E-state index >= 15 is 0 Å². The number of nitrogens with two attached hydrogens (primary N) is 2. The zero-order valence-electron chi connectivity index (χ0n) is 7.24. The van der Waals surface area contributed by atoms with Crippen molar-refractivity contribution in [2.45, 2.75) is 4.90 Å². The summed E-state index contributed by atoms with van der Waals surface area (Å²) >= 11 is -3.17. The van der Waals surface area contributed by atoms with E-state index in [0.29, 0.717) is 0 Å². The molecule has 0 aliphatic rings. The van der Waals surface area contributed by atoms with Crippen molar-refractivity contribution in [3.63, 3.8) is 0 Å². The van der Waals surface area contributed by atoms with E-state index in [0.717, 1.165) is 6.07 Å². The van der Waals surface area contributed by atoms with Crippen molar-refractivity contribution in [3.05, 3.63) is 18.2 Å². The Labute approximate surface area is 88.6 Å². The third-order valence-corrected chi connectivity index (χ3v) is 3.52. The quantitative estimate of drug-likeness (QED) is 0.538. The second kappa shape index (κ2) is 4.14. The Hall–Kier alpha value is -1.16. The molecular weight excluding hydrogens is 244 g/mol. The van der Waals surface area contributed by atoms with Crippen molar-refractivity contribution in [1.29, 1.82) is 0 Å². The lowest BCUT2D eigenvalue weighted by atomic mass is 10.3. The molecule has 0 aliphatic carbocycles. The van der Waals surface area contributed by atoms with Crippen LogP contribution >= 0.6 is 0 Å². The molecule has 0 fully saturated rings. The summed E-state index contributed by atoms with van der Waals surface area (Å²) in [7, 11) is -4.40. The zero-order valence-corrected chi connectivity index (χ0v) is 8.88. The molecule has 0 saturated carbocycles. The molecule has 1 atom stereocenters. The molecule has 15 heavy (non-hydrogen) atoms. The molecule has 84 valence electrons. The van der Waals surface area contributed by atoms with Gasteiger partial charge in [0, 0.05) is 5.69 Å². The van der Waals surface area contributed by atoms with Crippen LogP contribution in [0.25, 0.3) is 0 Å². The maximum absolute atomic E-state index is 11.2. The van der Waals surface area contributed by atoms with Crippen molar-refractivity contribution >= 4 is 32.9 Å². The van der Waals surface area contributed by atoms with Gasteiger partial charge in [0.1, 0.15) is 16.3 Å². The highest BCUT2D eigenvalue weighted by Gasteiger charge is 2.19. The van der Waals surface area contributed by atoms with E-state index in [2.05, 4.69) is 3.63 Å². The molecule has 0 spiro atoms. The molecule has 1 unspecified atom stereocenters. The fourth-order valence-electron chi connectivity index (χ4n) is 0.904. The van der Waals surface area contributed by atoms with Gasteiger partial charge in [-0.2, -0.15) is 12.0 Å². The summed E-state index contributed by atoms with van der Waals surface area (Å²) in [5.74, 6) is 0. The number of nitrogen functional groups attached to an aromatic ring is 2. The number of rotatable bonds is 3. The number of benzene rings is 1. The maximum atomic E-state index is 11.2. The monoisotopic (exact) mass is 251 g/mol. The summed E-state index contributed by atoms with van der Waals surface area (Å²) in [5.41, 5.74) is 10.8. The Morgan fingerprint density at radius 1 is 1.33 bits per heavy atom. The summed E-state index contributed by atoms with van der Waals surface area (Å²) in [4.78, 5) is -0.444. The lowest BCUT2D eigenvalue weighted by molar-refractivity contribution is 0.429. The smallest absolute Gasteiger partial charge is 0.311 e. The summed E-state index contributed by atoms with van der Waals surface area (Å²) < 4.78 is 46.4. The van der Waals surface area contributed by atoms with Gasteiger partial charge in [0.25, 0.3) is 0 Å². The van der Waals surface area contributed by atoms with Crippen LogP contribution in [0, 0.1) is 0 Å². The Kier molecular flexibility index (Phi) is 3.29. The molecule has 0 aromatic heterocycles. The van der Waals surface area contributed by atoms with Gasteiger partial charge in [-0.25, -0.2) is 4.21 Å². The SMILES string of the molecule is Nc1ccc(S(=O)(=O)OS(=O)[O-])c(N)c1. The topological polar surface area (TPSA) is 136 Å². The second-order valence-electron chi connectivity index (χ2n) is 2.52. The summed E-state index contributed by atoms with van der Waals surface area (Å²) in [6.07, 6.45) is 0. The van der Waals surface area contributed by atoms with Gasteiger partial charge in [0.05, 0.1) is 5.69 Å². The standard InChI is InChI=1S/C6H8N2O5S2/c7-4-1-2-6(5(8)3-4)15(11,12)13-14(9)10/h1-3H,7-8H2,(H,9,10)/p-1. The first-order valence-electron chi connectivity index (χ1n) is 3.52. The van der Waals surface area contributed by atoms with Gasteiger partial charge < -0.3 is 16.0 Å². The summed E-state index contributed by atoms with van der Waals surface area (Å²) in [6, 6.07) is 3.51. The molecule has 1 aromatic carbocycles. The molecule has 1 aromatic rings. The van der Waals surface area contributed by atoms with Crippen LogP contribution in [-0.2, 0) is 25.1 Å². The van der Waals surface area contributed by atoms with E-state index in [9.17, 15) is 17.2 Å². The van der Waals surface area contributed by atoms with Crippen LogP contribution in [0.5, 0.6) is 0 Å². The third-order valence-electron chi connectivity index (χ3n) is 1.45. The average molecular weight is 251 g/mol. The molecule has 9 heteroatoms. The highest BCUT2D eigenvalue weighted by molar-refractivity contribution is 7.95. The van der Waals surface area contributed by atoms with E-state index in [1.54, 1.807) is 0 Å². The largest absolute Gasteiger partial charge is 0.749 e. The van der Waals surface area contributed by atoms with E-state index in [4.69, 9.17) is 11.5 Å². The van der Waals surface area contributed by atoms with Gasteiger partial charge in [-0.15, -0.1) is 0 Å².